The van der Waals surface area contributed by atoms with E-state index in [4.69, 9.17) is 4.74 Å². The summed E-state index contributed by atoms with van der Waals surface area (Å²) in [5.74, 6) is 0.894. The minimum atomic E-state index is 0.0303. The van der Waals surface area contributed by atoms with Crippen molar-refractivity contribution in [2.24, 2.45) is 0 Å². The van der Waals surface area contributed by atoms with E-state index in [1.807, 2.05) is 30.3 Å². The Morgan fingerprint density at radius 2 is 1.84 bits per heavy atom. The number of amides is 1. The fourth-order valence-corrected chi connectivity index (χ4v) is 3.41. The highest BCUT2D eigenvalue weighted by Crippen LogP contribution is 2.25. The average molecular weight is 356 g/mol. The molecule has 0 saturated carbocycles. The van der Waals surface area contributed by atoms with Crippen LogP contribution in [0.3, 0.4) is 0 Å². The van der Waals surface area contributed by atoms with E-state index in [-0.39, 0.29) is 5.24 Å². The van der Waals surface area contributed by atoms with Gasteiger partial charge >= 0.3 is 0 Å². The summed E-state index contributed by atoms with van der Waals surface area (Å²) in [5.41, 5.74) is 2.33. The van der Waals surface area contributed by atoms with Crippen molar-refractivity contribution < 1.29 is 9.53 Å². The van der Waals surface area contributed by atoms with Crippen molar-refractivity contribution in [3.63, 3.8) is 0 Å². The number of hydrogen-bond donors (Lipinski definition) is 0. The van der Waals surface area contributed by atoms with Crippen LogP contribution < -0.4 is 9.64 Å². The first-order valence-electron chi connectivity index (χ1n) is 8.58. The smallest absolute Gasteiger partial charge is 0.285 e. The van der Waals surface area contributed by atoms with Crippen LogP contribution in [-0.2, 0) is 6.61 Å². The third-order valence-electron chi connectivity index (χ3n) is 4.19. The summed E-state index contributed by atoms with van der Waals surface area (Å²) in [4.78, 5) is 16.6. The Bertz CT molecular complexity index is 710. The molecule has 1 amide bonds. The zero-order valence-electron chi connectivity index (χ0n) is 14.8. The van der Waals surface area contributed by atoms with Crippen LogP contribution in [0.5, 0.6) is 5.75 Å². The maximum absolute atomic E-state index is 11.7. The molecule has 0 spiro atoms. The topological polar surface area (TPSA) is 32.8 Å². The Labute approximate surface area is 153 Å². The molecule has 4 nitrogen and oxygen atoms in total. The third-order valence-corrected chi connectivity index (χ3v) is 5.24. The van der Waals surface area contributed by atoms with E-state index >= 15 is 0 Å². The monoisotopic (exact) mass is 356 g/mol. The quantitative estimate of drug-likeness (QED) is 0.731. The maximum atomic E-state index is 11.7. The highest BCUT2D eigenvalue weighted by molar-refractivity contribution is 8.13. The van der Waals surface area contributed by atoms with Crippen LogP contribution in [0.2, 0.25) is 0 Å². The molecule has 0 unspecified atom stereocenters. The van der Waals surface area contributed by atoms with Gasteiger partial charge in [-0.2, -0.15) is 0 Å². The minimum Gasteiger partial charge on any atom is -0.489 e. The molecule has 0 aliphatic carbocycles. The number of hydrogen-bond acceptors (Lipinski definition) is 4. The summed E-state index contributed by atoms with van der Waals surface area (Å²) >= 11 is 1.23. The maximum Gasteiger partial charge on any atom is 0.285 e. The Morgan fingerprint density at radius 3 is 2.52 bits per heavy atom. The molecule has 132 valence electrons. The molecule has 0 aromatic heterocycles. The van der Waals surface area contributed by atoms with E-state index in [1.165, 1.54) is 30.3 Å². The van der Waals surface area contributed by atoms with Gasteiger partial charge in [-0.15, -0.1) is 0 Å². The molecule has 1 saturated heterocycles. The van der Waals surface area contributed by atoms with Gasteiger partial charge in [0.15, 0.2) is 0 Å². The number of rotatable bonds is 5. The van der Waals surface area contributed by atoms with Crippen molar-refractivity contribution >= 4 is 22.7 Å². The van der Waals surface area contributed by atoms with Crippen molar-refractivity contribution in [3.8, 4) is 5.75 Å². The van der Waals surface area contributed by atoms with Crippen LogP contribution in [0.4, 0.5) is 10.5 Å². The average Bonchev–Trinajstić information content (AvgIpc) is 3.16. The second-order valence-electron chi connectivity index (χ2n) is 6.39. The van der Waals surface area contributed by atoms with Crippen LogP contribution >= 0.6 is 11.8 Å². The summed E-state index contributed by atoms with van der Waals surface area (Å²) in [7, 11) is 3.52. The molecule has 3 rings (SSSR count). The van der Waals surface area contributed by atoms with Crippen molar-refractivity contribution in [2.75, 3.05) is 32.1 Å². The van der Waals surface area contributed by atoms with Crippen LogP contribution in [0.15, 0.2) is 53.4 Å². The second kappa shape index (κ2) is 8.30. The number of thioether (sulfide) groups is 1. The Kier molecular flexibility index (Phi) is 5.87. The van der Waals surface area contributed by atoms with Crippen LogP contribution in [0, 0.1) is 0 Å². The fourth-order valence-electron chi connectivity index (χ4n) is 2.76. The molecular formula is C20H24N2O2S. The standard InChI is InChI=1S/C20H24N2O2S/c1-21(2)20(23)25-19-10-8-16(9-11-19)15-24-18-7-5-6-17(14-18)22-12-3-4-13-22/h5-11,14H,3-4,12-13,15H2,1-2H3. The summed E-state index contributed by atoms with van der Waals surface area (Å²) in [6, 6.07) is 16.3. The van der Waals surface area contributed by atoms with Gasteiger partial charge in [0.2, 0.25) is 0 Å². The van der Waals surface area contributed by atoms with E-state index in [0.29, 0.717) is 6.61 Å². The fraction of sp³-hybridized carbons (Fsp3) is 0.350. The highest BCUT2D eigenvalue weighted by Gasteiger charge is 2.12. The molecular weight excluding hydrogens is 332 g/mol. The first kappa shape index (κ1) is 17.7. The number of nitrogens with zero attached hydrogens (tertiary/aromatic N) is 2. The summed E-state index contributed by atoms with van der Waals surface area (Å²) < 4.78 is 5.94. The van der Waals surface area contributed by atoms with Gasteiger partial charge in [-0.3, -0.25) is 4.79 Å². The Hall–Kier alpha value is -2.14. The molecule has 2 aromatic carbocycles. The zero-order chi connectivity index (χ0) is 17.6. The molecule has 5 heteroatoms. The van der Waals surface area contributed by atoms with Crippen molar-refractivity contribution in [1.29, 1.82) is 0 Å². The van der Waals surface area contributed by atoms with E-state index in [9.17, 15) is 4.79 Å². The van der Waals surface area contributed by atoms with Gasteiger partial charge in [-0.25, -0.2) is 0 Å². The zero-order valence-corrected chi connectivity index (χ0v) is 15.6. The van der Waals surface area contributed by atoms with Gasteiger partial charge < -0.3 is 14.5 Å². The van der Waals surface area contributed by atoms with E-state index in [2.05, 4.69) is 23.1 Å². The van der Waals surface area contributed by atoms with E-state index in [0.717, 1.165) is 29.3 Å². The van der Waals surface area contributed by atoms with Crippen LogP contribution in [0.25, 0.3) is 0 Å². The summed E-state index contributed by atoms with van der Waals surface area (Å²) in [6.45, 7) is 2.79. The minimum absolute atomic E-state index is 0.0303. The van der Waals surface area contributed by atoms with E-state index < -0.39 is 0 Å². The number of benzene rings is 2. The van der Waals surface area contributed by atoms with Crippen molar-refractivity contribution in [3.05, 3.63) is 54.1 Å². The molecule has 1 aliphatic heterocycles. The number of carbonyl (C=O) groups excluding carboxylic acids is 1. The molecule has 1 fully saturated rings. The van der Waals surface area contributed by atoms with E-state index in [1.54, 1.807) is 19.0 Å². The molecule has 25 heavy (non-hydrogen) atoms. The number of ether oxygens (including phenoxy) is 1. The molecule has 2 aromatic rings. The largest absolute Gasteiger partial charge is 0.489 e. The predicted molar refractivity (Wildman–Crippen MR) is 104 cm³/mol. The predicted octanol–water partition coefficient (Wildman–Crippen LogP) is 4.64. The molecule has 1 aliphatic rings. The van der Waals surface area contributed by atoms with Crippen molar-refractivity contribution in [1.82, 2.24) is 4.90 Å². The number of carbonyl (C=O) groups is 1. The van der Waals surface area contributed by atoms with Gasteiger partial charge in [-0.05, 0) is 54.4 Å². The lowest BCUT2D eigenvalue weighted by Gasteiger charge is -2.18. The first-order chi connectivity index (χ1) is 12.1. The lowest BCUT2D eigenvalue weighted by Crippen LogP contribution is -2.17. The van der Waals surface area contributed by atoms with Crippen molar-refractivity contribution in [2.45, 2.75) is 24.3 Å². The van der Waals surface area contributed by atoms with Gasteiger partial charge in [0.25, 0.3) is 5.24 Å². The lowest BCUT2D eigenvalue weighted by molar-refractivity contribution is 0.241. The molecule has 1 heterocycles. The molecule has 0 N–H and O–H groups in total. The first-order valence-corrected chi connectivity index (χ1v) is 9.39. The van der Waals surface area contributed by atoms with Crippen LogP contribution in [-0.4, -0.2) is 37.3 Å². The molecule has 0 bridgehead atoms. The van der Waals surface area contributed by atoms with Gasteiger partial charge in [0, 0.05) is 43.8 Å². The molecule has 0 atom stereocenters. The summed E-state index contributed by atoms with van der Waals surface area (Å²) in [5, 5.41) is 0.0303. The van der Waals surface area contributed by atoms with Gasteiger partial charge in [0.05, 0.1) is 0 Å². The molecule has 0 radical (unpaired) electrons. The van der Waals surface area contributed by atoms with Gasteiger partial charge in [0.1, 0.15) is 12.4 Å². The third kappa shape index (κ3) is 4.92. The highest BCUT2D eigenvalue weighted by atomic mass is 32.2. The Balaban J connectivity index is 1.56. The lowest BCUT2D eigenvalue weighted by atomic mass is 10.2. The van der Waals surface area contributed by atoms with Crippen LogP contribution in [0.1, 0.15) is 18.4 Å². The Morgan fingerprint density at radius 1 is 1.12 bits per heavy atom. The second-order valence-corrected chi connectivity index (χ2v) is 7.41. The normalized spacial score (nSPS) is 13.8. The number of anilines is 1. The SMILES string of the molecule is CN(C)C(=O)Sc1ccc(COc2cccc(N3CCCC3)c2)cc1. The van der Waals surface area contributed by atoms with Gasteiger partial charge in [-0.1, -0.05) is 18.2 Å². The summed E-state index contributed by atoms with van der Waals surface area (Å²) in [6.07, 6.45) is 2.54.